The number of rotatable bonds is 4. The summed E-state index contributed by atoms with van der Waals surface area (Å²) in [7, 11) is 0. The summed E-state index contributed by atoms with van der Waals surface area (Å²) in [4.78, 5) is 14.3. The molecule has 1 fully saturated rings. The number of amides is 1. The first kappa shape index (κ1) is 18.0. The number of ether oxygens (including phenoxy) is 1. The number of carbonyl (C=O) groups excluding carboxylic acids is 1. The first-order chi connectivity index (χ1) is 12.5. The van der Waals surface area contributed by atoms with Crippen LogP contribution in [0, 0.1) is 19.3 Å². The van der Waals surface area contributed by atoms with Crippen LogP contribution in [0.1, 0.15) is 11.1 Å². The first-order valence-corrected chi connectivity index (χ1v) is 8.58. The minimum absolute atomic E-state index is 0.149. The predicted molar refractivity (Wildman–Crippen MR) is 108 cm³/mol. The Morgan fingerprint density at radius 3 is 2.85 bits per heavy atom. The molecule has 2 aromatic carbocycles. The summed E-state index contributed by atoms with van der Waals surface area (Å²) in [5, 5.41) is 3.88. The van der Waals surface area contributed by atoms with Crippen LogP contribution in [-0.2, 0) is 4.79 Å². The summed E-state index contributed by atoms with van der Waals surface area (Å²) >= 11 is 11.4. The number of nitrogens with zero attached hydrogens (tertiary/aromatic N) is 1. The Bertz CT molecular complexity index is 963. The van der Waals surface area contributed by atoms with E-state index < -0.39 is 0 Å². The molecule has 0 unspecified atom stereocenters. The monoisotopic (exact) mass is 382 g/mol. The number of thiocarbonyl (C=S) groups is 1. The fourth-order valence-corrected chi connectivity index (χ4v) is 3.15. The number of anilines is 1. The van der Waals surface area contributed by atoms with Crippen molar-refractivity contribution in [1.29, 1.82) is 0 Å². The fourth-order valence-electron chi connectivity index (χ4n) is 2.63. The van der Waals surface area contributed by atoms with Gasteiger partial charge in [-0.3, -0.25) is 9.69 Å². The summed E-state index contributed by atoms with van der Waals surface area (Å²) < 4.78 is 5.52. The number of carbonyl (C=O) groups is 1. The standard InChI is InChI=1S/C20H15ClN2O2S/c1-3-10-25-18-7-5-4-6-14(18)12-16-19(24)23(20(26)22-16)17-9-8-15(21)11-13(17)2/h1,4-9,11-12H,10H2,2H3,(H,22,26)/b16-12+. The maximum absolute atomic E-state index is 12.9. The maximum Gasteiger partial charge on any atom is 0.281 e. The lowest BCUT2D eigenvalue weighted by Gasteiger charge is -2.16. The summed E-state index contributed by atoms with van der Waals surface area (Å²) in [6.07, 6.45) is 6.95. The van der Waals surface area contributed by atoms with Crippen molar-refractivity contribution in [3.63, 3.8) is 0 Å². The van der Waals surface area contributed by atoms with Crippen molar-refractivity contribution in [3.8, 4) is 18.1 Å². The molecule has 0 saturated carbocycles. The van der Waals surface area contributed by atoms with Gasteiger partial charge in [-0.2, -0.15) is 0 Å². The minimum Gasteiger partial charge on any atom is -0.480 e. The van der Waals surface area contributed by atoms with Gasteiger partial charge in [0.05, 0.1) is 5.69 Å². The van der Waals surface area contributed by atoms with Gasteiger partial charge in [0, 0.05) is 10.6 Å². The molecule has 0 spiro atoms. The Kier molecular flexibility index (Phi) is 5.27. The molecule has 1 N–H and O–H groups in total. The first-order valence-electron chi connectivity index (χ1n) is 7.80. The Morgan fingerprint density at radius 1 is 1.35 bits per heavy atom. The number of halogens is 1. The summed E-state index contributed by atoms with van der Waals surface area (Å²) in [6.45, 7) is 2.03. The molecule has 1 heterocycles. The molecular weight excluding hydrogens is 368 g/mol. The highest BCUT2D eigenvalue weighted by Gasteiger charge is 2.33. The molecule has 26 heavy (non-hydrogen) atoms. The van der Waals surface area contributed by atoms with E-state index in [1.807, 2.05) is 25.1 Å². The van der Waals surface area contributed by atoms with Crippen LogP contribution in [0.4, 0.5) is 5.69 Å². The number of nitrogens with one attached hydrogen (secondary N) is 1. The van der Waals surface area contributed by atoms with Gasteiger partial charge in [0.2, 0.25) is 0 Å². The highest BCUT2D eigenvalue weighted by molar-refractivity contribution is 7.80. The van der Waals surface area contributed by atoms with Crippen LogP contribution in [-0.4, -0.2) is 17.6 Å². The van der Waals surface area contributed by atoms with Gasteiger partial charge in [0.15, 0.2) is 5.11 Å². The molecule has 6 heteroatoms. The van der Waals surface area contributed by atoms with Crippen LogP contribution < -0.4 is 15.0 Å². The lowest BCUT2D eigenvalue weighted by molar-refractivity contribution is -0.113. The van der Waals surface area contributed by atoms with Crippen molar-refractivity contribution in [2.75, 3.05) is 11.5 Å². The highest BCUT2D eigenvalue weighted by atomic mass is 35.5. The van der Waals surface area contributed by atoms with Gasteiger partial charge in [-0.1, -0.05) is 35.7 Å². The molecule has 3 rings (SSSR count). The third kappa shape index (κ3) is 3.57. The van der Waals surface area contributed by atoms with E-state index in [-0.39, 0.29) is 12.5 Å². The van der Waals surface area contributed by atoms with Crippen LogP contribution in [0.5, 0.6) is 5.75 Å². The number of aryl methyl sites for hydroxylation is 1. The van der Waals surface area contributed by atoms with Crippen LogP contribution in [0.3, 0.4) is 0 Å². The van der Waals surface area contributed by atoms with E-state index in [2.05, 4.69) is 11.2 Å². The largest absolute Gasteiger partial charge is 0.480 e. The van der Waals surface area contributed by atoms with Crippen LogP contribution in [0.15, 0.2) is 48.2 Å². The van der Waals surface area contributed by atoms with E-state index in [0.29, 0.717) is 27.3 Å². The molecule has 0 bridgehead atoms. The average molecular weight is 383 g/mol. The molecule has 1 aliphatic heterocycles. The zero-order chi connectivity index (χ0) is 18.7. The van der Waals surface area contributed by atoms with Crippen molar-refractivity contribution in [3.05, 3.63) is 64.3 Å². The van der Waals surface area contributed by atoms with E-state index in [1.54, 1.807) is 30.3 Å². The quantitative estimate of drug-likeness (QED) is 0.494. The Balaban J connectivity index is 1.95. The smallest absolute Gasteiger partial charge is 0.281 e. The van der Waals surface area contributed by atoms with E-state index in [4.69, 9.17) is 35.0 Å². The number of para-hydroxylation sites is 1. The SMILES string of the molecule is C#CCOc1ccccc1/C=C1/NC(=S)N(c2ccc(Cl)cc2C)C1=O. The molecule has 0 radical (unpaired) electrons. The molecule has 0 aliphatic carbocycles. The van der Waals surface area contributed by atoms with Crippen molar-refractivity contribution in [2.45, 2.75) is 6.92 Å². The topological polar surface area (TPSA) is 41.6 Å². The van der Waals surface area contributed by atoms with Gasteiger partial charge < -0.3 is 10.1 Å². The molecule has 130 valence electrons. The van der Waals surface area contributed by atoms with Crippen LogP contribution >= 0.6 is 23.8 Å². The number of hydrogen-bond donors (Lipinski definition) is 1. The van der Waals surface area contributed by atoms with Gasteiger partial charge in [-0.15, -0.1) is 6.42 Å². The van der Waals surface area contributed by atoms with Crippen molar-refractivity contribution >= 4 is 46.6 Å². The van der Waals surface area contributed by atoms with E-state index in [1.165, 1.54) is 4.90 Å². The van der Waals surface area contributed by atoms with Crippen molar-refractivity contribution in [1.82, 2.24) is 5.32 Å². The molecule has 0 aromatic heterocycles. The molecule has 2 aromatic rings. The molecule has 4 nitrogen and oxygen atoms in total. The van der Waals surface area contributed by atoms with Crippen LogP contribution in [0.25, 0.3) is 6.08 Å². The molecule has 1 amide bonds. The third-order valence-corrected chi connectivity index (χ3v) is 4.33. The minimum atomic E-state index is -0.243. The van der Waals surface area contributed by atoms with Gasteiger partial charge in [-0.25, -0.2) is 0 Å². The lowest BCUT2D eigenvalue weighted by Crippen LogP contribution is -2.30. The lowest BCUT2D eigenvalue weighted by atomic mass is 10.1. The zero-order valence-corrected chi connectivity index (χ0v) is 15.5. The summed E-state index contributed by atoms with van der Waals surface area (Å²) in [5.74, 6) is 2.78. The Labute approximate surface area is 162 Å². The van der Waals surface area contributed by atoms with E-state index in [0.717, 1.165) is 11.1 Å². The van der Waals surface area contributed by atoms with Crippen LogP contribution in [0.2, 0.25) is 5.02 Å². The summed E-state index contributed by atoms with van der Waals surface area (Å²) in [5.41, 5.74) is 2.64. The Morgan fingerprint density at radius 2 is 2.12 bits per heavy atom. The van der Waals surface area contributed by atoms with Gasteiger partial charge >= 0.3 is 0 Å². The molecule has 0 atom stereocenters. The predicted octanol–water partition coefficient (Wildman–Crippen LogP) is 3.92. The van der Waals surface area contributed by atoms with Gasteiger partial charge in [0.1, 0.15) is 18.1 Å². The van der Waals surface area contributed by atoms with Gasteiger partial charge in [-0.05, 0) is 55.0 Å². The Hall–Kier alpha value is -2.81. The normalized spacial score (nSPS) is 15.1. The fraction of sp³-hybridized carbons (Fsp3) is 0.100. The number of terminal acetylenes is 1. The number of hydrogen-bond acceptors (Lipinski definition) is 3. The second-order valence-electron chi connectivity index (χ2n) is 5.59. The second kappa shape index (κ2) is 7.61. The molecular formula is C20H15ClN2O2S. The van der Waals surface area contributed by atoms with E-state index in [9.17, 15) is 4.79 Å². The maximum atomic E-state index is 12.9. The van der Waals surface area contributed by atoms with Gasteiger partial charge in [0.25, 0.3) is 5.91 Å². The van der Waals surface area contributed by atoms with Crippen molar-refractivity contribution < 1.29 is 9.53 Å². The van der Waals surface area contributed by atoms with Crippen molar-refractivity contribution in [2.24, 2.45) is 0 Å². The third-order valence-electron chi connectivity index (χ3n) is 3.81. The molecule has 1 saturated heterocycles. The second-order valence-corrected chi connectivity index (χ2v) is 6.41. The molecule has 1 aliphatic rings. The summed E-state index contributed by atoms with van der Waals surface area (Å²) in [6, 6.07) is 12.6. The average Bonchev–Trinajstić information content (AvgIpc) is 2.88. The zero-order valence-electron chi connectivity index (χ0n) is 14.0. The highest BCUT2D eigenvalue weighted by Crippen LogP contribution is 2.29. The van der Waals surface area contributed by atoms with E-state index >= 15 is 0 Å². The number of benzene rings is 2.